The van der Waals surface area contributed by atoms with Crippen LogP contribution in [0.2, 0.25) is 0 Å². The molecule has 20 heavy (non-hydrogen) atoms. The summed E-state index contributed by atoms with van der Waals surface area (Å²) in [7, 11) is -3.74. The predicted octanol–water partition coefficient (Wildman–Crippen LogP) is 2.12. The maximum absolute atomic E-state index is 11.4. The highest BCUT2D eigenvalue weighted by Gasteiger charge is 2.26. The fourth-order valence-electron chi connectivity index (χ4n) is 2.94. The molecule has 1 aromatic rings. The van der Waals surface area contributed by atoms with Crippen LogP contribution in [0.25, 0.3) is 0 Å². The predicted molar refractivity (Wildman–Crippen MR) is 78.8 cm³/mol. The van der Waals surface area contributed by atoms with Gasteiger partial charge in [-0.1, -0.05) is 13.8 Å². The highest BCUT2D eigenvalue weighted by molar-refractivity contribution is 7.89. The van der Waals surface area contributed by atoms with Crippen molar-refractivity contribution >= 4 is 15.7 Å². The summed E-state index contributed by atoms with van der Waals surface area (Å²) in [5.74, 6) is 1.61. The van der Waals surface area contributed by atoms with Gasteiger partial charge >= 0.3 is 0 Å². The van der Waals surface area contributed by atoms with Crippen molar-refractivity contribution in [3.05, 3.63) is 18.2 Å². The third kappa shape index (κ3) is 3.64. The van der Waals surface area contributed by atoms with Gasteiger partial charge in [0.25, 0.3) is 0 Å². The van der Waals surface area contributed by atoms with Crippen molar-refractivity contribution in [1.82, 2.24) is 0 Å². The molecule has 4 N–H and O–H groups in total. The lowest BCUT2D eigenvalue weighted by Crippen LogP contribution is -2.28. The lowest BCUT2D eigenvalue weighted by molar-refractivity contribution is 0.101. The van der Waals surface area contributed by atoms with Gasteiger partial charge in [0.2, 0.25) is 10.0 Å². The van der Waals surface area contributed by atoms with E-state index >= 15 is 0 Å². The number of primary sulfonamides is 1. The van der Waals surface area contributed by atoms with E-state index in [2.05, 4.69) is 13.8 Å². The second-order valence-electron chi connectivity index (χ2n) is 5.90. The normalized spacial score (nSPS) is 27.2. The molecule has 2 unspecified atom stereocenters. The van der Waals surface area contributed by atoms with Gasteiger partial charge < -0.3 is 10.5 Å². The van der Waals surface area contributed by atoms with Crippen LogP contribution in [0.5, 0.6) is 5.75 Å². The van der Waals surface area contributed by atoms with E-state index in [1.165, 1.54) is 24.6 Å². The number of nitrogens with two attached hydrogens (primary N) is 2. The van der Waals surface area contributed by atoms with Crippen molar-refractivity contribution < 1.29 is 13.2 Å². The van der Waals surface area contributed by atoms with Gasteiger partial charge in [-0.05, 0) is 43.2 Å². The third-order valence-corrected chi connectivity index (χ3v) is 4.65. The Kier molecular flexibility index (Phi) is 4.25. The molecule has 5 nitrogen and oxygen atoms in total. The van der Waals surface area contributed by atoms with Crippen LogP contribution in [0.1, 0.15) is 33.1 Å². The first-order valence-electron chi connectivity index (χ1n) is 6.84. The largest absolute Gasteiger partial charge is 0.488 e. The van der Waals surface area contributed by atoms with E-state index in [9.17, 15) is 8.42 Å². The average molecular weight is 298 g/mol. The molecule has 6 heteroatoms. The molecular weight excluding hydrogens is 276 g/mol. The van der Waals surface area contributed by atoms with Crippen molar-refractivity contribution in [2.24, 2.45) is 17.0 Å². The SMILES string of the molecule is CC1CC(C)CC(Oc2cc(S(N)(=O)=O)ccc2N)C1. The van der Waals surface area contributed by atoms with Crippen LogP contribution in [0.3, 0.4) is 0 Å². The lowest BCUT2D eigenvalue weighted by atomic mass is 9.82. The zero-order chi connectivity index (χ0) is 14.9. The number of ether oxygens (including phenoxy) is 1. The first kappa shape index (κ1) is 15.1. The molecule has 0 amide bonds. The lowest BCUT2D eigenvalue weighted by Gasteiger charge is -2.32. The third-order valence-electron chi connectivity index (χ3n) is 3.74. The fraction of sp³-hybridized carbons (Fsp3) is 0.571. The Morgan fingerprint density at radius 2 is 1.75 bits per heavy atom. The smallest absolute Gasteiger partial charge is 0.238 e. The summed E-state index contributed by atoms with van der Waals surface area (Å²) in [5.41, 5.74) is 6.29. The van der Waals surface area contributed by atoms with Gasteiger partial charge in [0.1, 0.15) is 5.75 Å². The fourth-order valence-corrected chi connectivity index (χ4v) is 3.47. The Balaban J connectivity index is 2.20. The number of anilines is 1. The number of rotatable bonds is 3. The van der Waals surface area contributed by atoms with Crippen molar-refractivity contribution in [3.8, 4) is 5.75 Å². The van der Waals surface area contributed by atoms with E-state index in [1.807, 2.05) is 0 Å². The Morgan fingerprint density at radius 3 is 2.30 bits per heavy atom. The van der Waals surface area contributed by atoms with Crippen LogP contribution in [0.15, 0.2) is 23.1 Å². The molecule has 0 aliphatic heterocycles. The van der Waals surface area contributed by atoms with Gasteiger partial charge in [-0.25, -0.2) is 13.6 Å². The quantitative estimate of drug-likeness (QED) is 0.835. The Labute approximate surface area is 120 Å². The van der Waals surface area contributed by atoms with E-state index in [0.717, 1.165) is 12.8 Å². The van der Waals surface area contributed by atoms with Gasteiger partial charge in [-0.2, -0.15) is 0 Å². The summed E-state index contributed by atoms with van der Waals surface area (Å²) in [6, 6.07) is 4.32. The van der Waals surface area contributed by atoms with Crippen LogP contribution >= 0.6 is 0 Å². The van der Waals surface area contributed by atoms with Gasteiger partial charge in [0.05, 0.1) is 16.7 Å². The first-order chi connectivity index (χ1) is 9.25. The van der Waals surface area contributed by atoms with Crippen LogP contribution in [-0.4, -0.2) is 14.5 Å². The van der Waals surface area contributed by atoms with Gasteiger partial charge in [0.15, 0.2) is 0 Å². The van der Waals surface area contributed by atoms with E-state index in [1.54, 1.807) is 0 Å². The molecule has 0 spiro atoms. The second-order valence-corrected chi connectivity index (χ2v) is 7.46. The average Bonchev–Trinajstić information content (AvgIpc) is 2.29. The minimum Gasteiger partial charge on any atom is -0.488 e. The van der Waals surface area contributed by atoms with Crippen molar-refractivity contribution in [3.63, 3.8) is 0 Å². The van der Waals surface area contributed by atoms with E-state index in [4.69, 9.17) is 15.6 Å². The molecule has 1 aromatic carbocycles. The summed E-state index contributed by atoms with van der Waals surface area (Å²) in [6.07, 6.45) is 3.20. The number of nitrogen functional groups attached to an aromatic ring is 1. The molecule has 2 rings (SSSR count). The topological polar surface area (TPSA) is 95.4 Å². The molecule has 0 saturated heterocycles. The van der Waals surface area contributed by atoms with Crippen molar-refractivity contribution in [1.29, 1.82) is 0 Å². The monoisotopic (exact) mass is 298 g/mol. The zero-order valence-corrected chi connectivity index (χ0v) is 12.7. The molecule has 1 fully saturated rings. The highest BCUT2D eigenvalue weighted by atomic mass is 32.2. The van der Waals surface area contributed by atoms with Crippen molar-refractivity contribution in [2.45, 2.75) is 44.1 Å². The minimum absolute atomic E-state index is 0.0265. The van der Waals surface area contributed by atoms with E-state index in [-0.39, 0.29) is 11.0 Å². The molecule has 0 bridgehead atoms. The van der Waals surface area contributed by atoms with Crippen LogP contribution in [-0.2, 0) is 10.0 Å². The summed E-state index contributed by atoms with van der Waals surface area (Å²) < 4.78 is 28.7. The summed E-state index contributed by atoms with van der Waals surface area (Å²) in [4.78, 5) is 0.0265. The molecule has 1 aliphatic carbocycles. The molecule has 0 heterocycles. The minimum atomic E-state index is -3.74. The maximum atomic E-state index is 11.4. The summed E-state index contributed by atoms with van der Waals surface area (Å²) in [6.45, 7) is 4.41. The first-order valence-corrected chi connectivity index (χ1v) is 8.39. The number of hydrogen-bond donors (Lipinski definition) is 2. The Morgan fingerprint density at radius 1 is 1.15 bits per heavy atom. The molecule has 0 radical (unpaired) electrons. The molecular formula is C14H22N2O3S. The van der Waals surface area contributed by atoms with Gasteiger partial charge in [0, 0.05) is 6.07 Å². The maximum Gasteiger partial charge on any atom is 0.238 e. The zero-order valence-electron chi connectivity index (χ0n) is 11.9. The summed E-state index contributed by atoms with van der Waals surface area (Å²) in [5, 5.41) is 5.13. The summed E-state index contributed by atoms with van der Waals surface area (Å²) >= 11 is 0. The molecule has 0 aromatic heterocycles. The molecule has 1 aliphatic rings. The van der Waals surface area contributed by atoms with Gasteiger partial charge in [-0.15, -0.1) is 0 Å². The molecule has 1 saturated carbocycles. The van der Waals surface area contributed by atoms with Crippen molar-refractivity contribution in [2.75, 3.05) is 5.73 Å². The molecule has 2 atom stereocenters. The Bertz CT molecular complexity index is 576. The Hall–Kier alpha value is -1.27. The number of hydrogen-bond acceptors (Lipinski definition) is 4. The number of benzene rings is 1. The second kappa shape index (κ2) is 5.61. The van der Waals surface area contributed by atoms with Gasteiger partial charge in [-0.3, -0.25) is 0 Å². The molecule has 112 valence electrons. The van der Waals surface area contributed by atoms with E-state index in [0.29, 0.717) is 23.3 Å². The standard InChI is InChI=1S/C14H22N2O3S/c1-9-5-10(2)7-11(6-9)19-14-8-12(20(16,17)18)3-4-13(14)15/h3-4,8-11H,5-7,15H2,1-2H3,(H2,16,17,18). The highest BCUT2D eigenvalue weighted by Crippen LogP contribution is 2.33. The number of sulfonamides is 1. The van der Waals surface area contributed by atoms with Crippen LogP contribution < -0.4 is 15.6 Å². The van der Waals surface area contributed by atoms with E-state index < -0.39 is 10.0 Å². The van der Waals surface area contributed by atoms with Crippen LogP contribution in [0.4, 0.5) is 5.69 Å². The van der Waals surface area contributed by atoms with Crippen LogP contribution in [0, 0.1) is 11.8 Å².